The summed E-state index contributed by atoms with van der Waals surface area (Å²) in [5, 5.41) is 7.83. The molecule has 4 atom stereocenters. The Hall–Kier alpha value is -1.46. The number of carbonyl (C=O) groups excluding carboxylic acids is 3. The van der Waals surface area contributed by atoms with Gasteiger partial charge in [-0.2, -0.15) is 0 Å². The maximum atomic E-state index is 12.8. The van der Waals surface area contributed by atoms with Crippen molar-refractivity contribution in [2.24, 2.45) is 20.0 Å². The molecule has 3 rings (SSSR count). The molecule has 1 saturated heterocycles. The molecule has 2 heterocycles. The van der Waals surface area contributed by atoms with Crippen LogP contribution in [-0.2, 0) is 32.8 Å². The third-order valence-corrected chi connectivity index (χ3v) is 11.8. The molecule has 1 aliphatic carbocycles. The average Bonchev–Trinajstić information content (AvgIpc) is 3.61. The molecule has 2 aliphatic heterocycles. The summed E-state index contributed by atoms with van der Waals surface area (Å²) in [7, 11) is -7.66. The standard InChI is InChI=1S/C22H36BIN6O9P2/c1-15(2)16-11-22(16,28-19(32)13-26-20(33)17-12-25-14-24-29-17)23-38-9-7-30(8-10-39-23)6-4-5-18(31)27-21(40(3)34)41(35,36)37/h12,14-16,21H,4-11,13H2,1-3H3,(H4-,26,27,28,31,32,33,35,36,37)/p+1. The van der Waals surface area contributed by atoms with Crippen molar-refractivity contribution < 1.29 is 42.6 Å². The van der Waals surface area contributed by atoms with Crippen LogP contribution in [-0.4, -0.2) is 113 Å². The van der Waals surface area contributed by atoms with Crippen molar-refractivity contribution in [3.05, 3.63) is 0 Å². The smallest absolute Gasteiger partial charge is 0.408 e. The first kappa shape index (κ1) is 34.0. The normalized spacial score (nSPS) is 24.3. The van der Waals surface area contributed by atoms with Crippen LogP contribution in [0.2, 0.25) is 0 Å². The highest BCUT2D eigenvalue weighted by Gasteiger charge is 2.66. The van der Waals surface area contributed by atoms with Crippen LogP contribution in [0.4, 0.5) is 0 Å². The van der Waals surface area contributed by atoms with E-state index in [1.165, 1.54) is 6.21 Å². The van der Waals surface area contributed by atoms with Gasteiger partial charge in [-0.1, -0.05) is 18.4 Å². The number of hydrogen-bond acceptors (Lipinski definition) is 10. The van der Waals surface area contributed by atoms with E-state index in [2.05, 4.69) is 42.9 Å². The molecule has 41 heavy (non-hydrogen) atoms. The Morgan fingerprint density at radius 1 is 1.27 bits per heavy atom. The van der Waals surface area contributed by atoms with E-state index in [1.54, 1.807) is 4.14 Å². The molecule has 4 unspecified atom stereocenters. The van der Waals surface area contributed by atoms with E-state index in [1.807, 2.05) is 0 Å². The van der Waals surface area contributed by atoms with Gasteiger partial charge in [0.05, 0.1) is 22.3 Å². The zero-order valence-electron chi connectivity index (χ0n) is 23.2. The first-order valence-corrected chi connectivity index (χ1v) is 18.8. The van der Waals surface area contributed by atoms with Crippen LogP contribution >= 0.6 is 36.4 Å². The predicted octanol–water partition coefficient (Wildman–Crippen LogP) is -0.00460. The minimum absolute atomic E-state index is 0.0163. The van der Waals surface area contributed by atoms with Crippen LogP contribution in [0, 0.1) is 11.8 Å². The molecule has 1 saturated carbocycles. The zero-order valence-corrected chi connectivity index (χ0v) is 27.1. The van der Waals surface area contributed by atoms with Gasteiger partial charge < -0.3 is 35.0 Å². The van der Waals surface area contributed by atoms with Crippen LogP contribution in [0.25, 0.3) is 0 Å². The lowest BCUT2D eigenvalue weighted by molar-refractivity contribution is -0.124. The fourth-order valence-electron chi connectivity index (χ4n) is 4.81. The number of nitrogens with one attached hydrogen (secondary N) is 3. The minimum atomic E-state index is -4.72. The summed E-state index contributed by atoms with van der Waals surface area (Å²) in [5.41, 5.74) is -2.17. The molecule has 0 aromatic rings. The second-order valence-corrected chi connectivity index (χ2v) is 15.7. The molecule has 5 N–H and O–H groups in total. The van der Waals surface area contributed by atoms with Gasteiger partial charge in [0.15, 0.2) is 5.71 Å². The predicted molar refractivity (Wildman–Crippen MR) is 164 cm³/mol. The highest BCUT2D eigenvalue weighted by Crippen LogP contribution is 2.51. The summed E-state index contributed by atoms with van der Waals surface area (Å²) in [6, 6.07) is 0. The van der Waals surface area contributed by atoms with E-state index in [0.29, 0.717) is 45.7 Å². The lowest BCUT2D eigenvalue weighted by Crippen LogP contribution is -2.57. The Morgan fingerprint density at radius 2 is 1.95 bits per heavy atom. The van der Waals surface area contributed by atoms with E-state index in [9.17, 15) is 33.3 Å². The van der Waals surface area contributed by atoms with E-state index >= 15 is 0 Å². The Balaban J connectivity index is 1.46. The molecule has 2 fully saturated rings. The van der Waals surface area contributed by atoms with E-state index < -0.39 is 66.3 Å². The number of rotatable bonds is 13. The molecule has 0 aromatic heterocycles. The topological polar surface area (TPSA) is 208 Å². The first-order chi connectivity index (χ1) is 19.3. The third kappa shape index (κ3) is 10.1. The highest BCUT2D eigenvalue weighted by atomic mass is 127. The number of aliphatic imine (C=N–C) groups is 1. The molecule has 0 aromatic carbocycles. The molecular weight excluding hydrogens is 692 g/mol. The maximum absolute atomic E-state index is 12.8. The van der Waals surface area contributed by atoms with Gasteiger partial charge in [-0.3, -0.25) is 28.8 Å². The van der Waals surface area contributed by atoms with Crippen LogP contribution in [0.3, 0.4) is 0 Å². The Morgan fingerprint density at radius 3 is 2.49 bits per heavy atom. The second kappa shape index (κ2) is 15.3. The summed E-state index contributed by atoms with van der Waals surface area (Å²) in [5.74, 6) is -0.953. The fraction of sp³-hybridized carbons (Fsp3) is 0.727. The van der Waals surface area contributed by atoms with Crippen molar-refractivity contribution in [3.63, 3.8) is 0 Å². The van der Waals surface area contributed by atoms with Gasteiger partial charge >= 0.3 is 28.0 Å². The van der Waals surface area contributed by atoms with Crippen molar-refractivity contribution >= 4 is 77.3 Å². The Kier molecular flexibility index (Phi) is 12.7. The quantitative estimate of drug-likeness (QED) is 0.0974. The summed E-state index contributed by atoms with van der Waals surface area (Å²) >= 11 is -0.633. The monoisotopic (exact) mass is 729 g/mol. The summed E-state index contributed by atoms with van der Waals surface area (Å²) in [4.78, 5) is 61.8. The van der Waals surface area contributed by atoms with Crippen molar-refractivity contribution in [3.8, 4) is 0 Å². The maximum Gasteiger partial charge on any atom is 0.484 e. The van der Waals surface area contributed by atoms with Gasteiger partial charge in [0, 0.05) is 53.7 Å². The van der Waals surface area contributed by atoms with Crippen LogP contribution in [0.15, 0.2) is 8.20 Å². The summed E-state index contributed by atoms with van der Waals surface area (Å²) in [6.07, 6.45) is 2.50. The van der Waals surface area contributed by atoms with Crippen LogP contribution < -0.4 is 16.0 Å². The Labute approximate surface area is 250 Å². The number of halogens is 1. The van der Waals surface area contributed by atoms with Gasteiger partial charge in [0.2, 0.25) is 11.8 Å². The second-order valence-electron chi connectivity index (χ2n) is 10.4. The van der Waals surface area contributed by atoms with E-state index in [-0.39, 0.29) is 36.4 Å². The van der Waals surface area contributed by atoms with Gasteiger partial charge in [-0.25, -0.2) is 3.21 Å². The lowest BCUT2D eigenvalue weighted by Gasteiger charge is -2.31. The van der Waals surface area contributed by atoms with E-state index in [0.717, 1.165) is 6.66 Å². The van der Waals surface area contributed by atoms with Crippen molar-refractivity contribution in [1.82, 2.24) is 20.9 Å². The molecule has 19 heteroatoms. The average molecular weight is 729 g/mol. The van der Waals surface area contributed by atoms with Crippen LogP contribution in [0.5, 0.6) is 0 Å². The molecule has 228 valence electrons. The molecule has 3 aliphatic rings. The largest absolute Gasteiger partial charge is 0.484 e. The highest BCUT2D eigenvalue weighted by molar-refractivity contribution is 14.2. The lowest BCUT2D eigenvalue weighted by atomic mass is 9.71. The summed E-state index contributed by atoms with van der Waals surface area (Å²) in [6.45, 7) is 7.39. The number of amides is 3. The third-order valence-electron chi connectivity index (χ3n) is 6.92. The minimum Gasteiger partial charge on any atom is -0.408 e. The molecule has 0 spiro atoms. The van der Waals surface area contributed by atoms with E-state index in [4.69, 9.17) is 9.31 Å². The van der Waals surface area contributed by atoms with Gasteiger partial charge in [0.25, 0.3) is 5.91 Å². The van der Waals surface area contributed by atoms with Gasteiger partial charge in [-0.05, 0) is 31.2 Å². The Bertz CT molecular complexity index is 1140. The van der Waals surface area contributed by atoms with Crippen molar-refractivity contribution in [2.45, 2.75) is 44.1 Å². The number of carbonyl (C=O) groups is 3. The van der Waals surface area contributed by atoms with Gasteiger partial charge in [0.1, 0.15) is 6.66 Å². The van der Waals surface area contributed by atoms with Crippen LogP contribution in [0.1, 0.15) is 33.1 Å². The van der Waals surface area contributed by atoms with Crippen molar-refractivity contribution in [2.75, 3.05) is 46.1 Å². The number of hydrogen-bond donors (Lipinski definition) is 5. The molecule has 0 radical (unpaired) electrons. The SMILES string of the molecule is CC(C)C1CC1(NC(=O)CNC(=O)C1=NI=CN=C1)B1OCCN(CCCC(=O)NC([P+](C)=O)P(=O)(O)O)CCO1. The van der Waals surface area contributed by atoms with Gasteiger partial charge in [-0.15, -0.1) is 0 Å². The molecule has 0 bridgehead atoms. The fourth-order valence-corrected chi connectivity index (χ4v) is 8.21. The summed E-state index contributed by atoms with van der Waals surface area (Å²) < 4.78 is 41.1. The number of nitrogens with zero attached hydrogens (tertiary/aromatic N) is 3. The van der Waals surface area contributed by atoms with Crippen molar-refractivity contribution in [1.29, 1.82) is 0 Å². The zero-order chi connectivity index (χ0) is 30.2. The molecular formula is C22H37BIN6O9P2+. The first-order valence-electron chi connectivity index (χ1n) is 13.2. The molecule has 3 amide bonds. The molecule has 15 nitrogen and oxygen atoms in total.